The predicted molar refractivity (Wildman–Crippen MR) is 91.4 cm³/mol. The molecule has 0 aliphatic rings. The van der Waals surface area contributed by atoms with E-state index in [0.717, 1.165) is 11.3 Å². The van der Waals surface area contributed by atoms with Gasteiger partial charge in [-0.3, -0.25) is 14.7 Å². The van der Waals surface area contributed by atoms with Crippen LogP contribution in [0, 0.1) is 21.4 Å². The average molecular weight is 476 g/mol. The maximum Gasteiger partial charge on any atom is 0.342 e. The maximum atomic E-state index is 12.4. The first-order chi connectivity index (χ1) is 10.4. The zero-order valence-corrected chi connectivity index (χ0v) is 16.2. The summed E-state index contributed by atoms with van der Waals surface area (Å²) in [5.41, 5.74) is 5.70. The number of nitrogens with zero attached hydrogens (tertiary/aromatic N) is 3. The van der Waals surface area contributed by atoms with E-state index >= 15 is 0 Å². The SMILES string of the molecule is N#Cc1cc(COP(N)(=O)N(CCBr)CCBr)sc1[N+](=O)[O-]. The van der Waals surface area contributed by atoms with Crippen molar-refractivity contribution >= 4 is 55.9 Å². The van der Waals surface area contributed by atoms with E-state index in [1.807, 2.05) is 0 Å². The normalized spacial score (nSPS) is 13.8. The van der Waals surface area contributed by atoms with Gasteiger partial charge in [0, 0.05) is 28.6 Å². The standard InChI is InChI=1S/C10H13Br2N4O4PS/c11-1-3-15(4-2-12)21(14,19)20-7-9-5-8(6-13)10(22-9)16(17)18/h5H,1-4,7H2,(H2,14,19). The van der Waals surface area contributed by atoms with Crippen molar-refractivity contribution < 1.29 is 14.0 Å². The highest BCUT2D eigenvalue weighted by molar-refractivity contribution is 9.09. The maximum absolute atomic E-state index is 12.4. The zero-order valence-electron chi connectivity index (χ0n) is 11.3. The Hall–Kier alpha value is -0.340. The third-order valence-electron chi connectivity index (χ3n) is 2.52. The molecular formula is C10H13Br2N4O4PS. The van der Waals surface area contributed by atoms with Crippen molar-refractivity contribution in [2.75, 3.05) is 23.7 Å². The summed E-state index contributed by atoms with van der Waals surface area (Å²) in [6.45, 7) is 0.725. The van der Waals surface area contributed by atoms with Crippen LogP contribution in [0.1, 0.15) is 10.4 Å². The summed E-state index contributed by atoms with van der Waals surface area (Å²) in [5.74, 6) is 0. The second-order valence-corrected chi connectivity index (χ2v) is 8.62. The van der Waals surface area contributed by atoms with Crippen molar-refractivity contribution in [3.63, 3.8) is 0 Å². The minimum Gasteiger partial charge on any atom is -0.300 e. The third kappa shape index (κ3) is 5.38. The monoisotopic (exact) mass is 474 g/mol. The van der Waals surface area contributed by atoms with E-state index in [2.05, 4.69) is 31.9 Å². The summed E-state index contributed by atoms with van der Waals surface area (Å²) < 4.78 is 19.2. The fraction of sp³-hybridized carbons (Fsp3) is 0.500. The van der Waals surface area contributed by atoms with Crippen molar-refractivity contribution in [3.05, 3.63) is 26.6 Å². The molecule has 1 heterocycles. The Morgan fingerprint density at radius 1 is 1.50 bits per heavy atom. The number of nitro groups is 1. The lowest BCUT2D eigenvalue weighted by Gasteiger charge is -2.26. The molecule has 0 bridgehead atoms. The zero-order chi connectivity index (χ0) is 16.8. The summed E-state index contributed by atoms with van der Waals surface area (Å²) >= 11 is 7.31. The molecule has 0 saturated carbocycles. The van der Waals surface area contributed by atoms with Gasteiger partial charge in [-0.1, -0.05) is 43.2 Å². The van der Waals surface area contributed by atoms with E-state index < -0.39 is 12.6 Å². The van der Waals surface area contributed by atoms with Crippen molar-refractivity contribution in [2.45, 2.75) is 6.61 Å². The first kappa shape index (κ1) is 19.7. The van der Waals surface area contributed by atoms with Gasteiger partial charge >= 0.3 is 12.7 Å². The van der Waals surface area contributed by atoms with Crippen molar-refractivity contribution in [2.24, 2.45) is 5.50 Å². The van der Waals surface area contributed by atoms with Crippen LogP contribution in [0.2, 0.25) is 0 Å². The number of hydrogen-bond acceptors (Lipinski definition) is 6. The molecule has 122 valence electrons. The number of rotatable bonds is 9. The first-order valence-corrected chi connectivity index (χ1v) is 10.6. The van der Waals surface area contributed by atoms with Crippen LogP contribution in [0.4, 0.5) is 5.00 Å². The molecule has 1 rings (SSSR count). The number of hydrogen-bond donors (Lipinski definition) is 1. The molecule has 0 aliphatic heterocycles. The highest BCUT2D eigenvalue weighted by Gasteiger charge is 2.27. The molecular weight excluding hydrogens is 463 g/mol. The van der Waals surface area contributed by atoms with Crippen LogP contribution in [-0.4, -0.2) is 33.3 Å². The van der Waals surface area contributed by atoms with Crippen LogP contribution < -0.4 is 5.50 Å². The summed E-state index contributed by atoms with van der Waals surface area (Å²) in [4.78, 5) is 10.6. The summed E-state index contributed by atoms with van der Waals surface area (Å²) in [7, 11) is -3.51. The van der Waals surface area contributed by atoms with Gasteiger partial charge < -0.3 is 4.52 Å². The lowest BCUT2D eigenvalue weighted by atomic mass is 10.3. The Kier molecular flexibility index (Phi) is 8.13. The van der Waals surface area contributed by atoms with Crippen LogP contribution >= 0.6 is 50.9 Å². The van der Waals surface area contributed by atoms with Gasteiger partial charge in [-0.25, -0.2) is 10.2 Å². The molecule has 22 heavy (non-hydrogen) atoms. The third-order valence-corrected chi connectivity index (χ3v) is 5.98. The Morgan fingerprint density at radius 2 is 2.09 bits per heavy atom. The largest absolute Gasteiger partial charge is 0.342 e. The fourth-order valence-electron chi connectivity index (χ4n) is 1.54. The molecule has 0 saturated heterocycles. The lowest BCUT2D eigenvalue weighted by Crippen LogP contribution is -2.29. The number of nitriles is 1. The predicted octanol–water partition coefficient (Wildman–Crippen LogP) is 3.20. The quantitative estimate of drug-likeness (QED) is 0.251. The van der Waals surface area contributed by atoms with E-state index in [0.29, 0.717) is 28.6 Å². The molecule has 0 fully saturated rings. The van der Waals surface area contributed by atoms with E-state index in [4.69, 9.17) is 15.3 Å². The van der Waals surface area contributed by atoms with Crippen LogP contribution in [0.3, 0.4) is 0 Å². The van der Waals surface area contributed by atoms with Gasteiger partial charge in [0.05, 0.1) is 11.5 Å². The molecule has 0 spiro atoms. The fourth-order valence-corrected chi connectivity index (χ4v) is 5.11. The van der Waals surface area contributed by atoms with Crippen LogP contribution in [0.15, 0.2) is 6.07 Å². The second-order valence-electron chi connectivity index (χ2n) is 3.97. The van der Waals surface area contributed by atoms with E-state index in [-0.39, 0.29) is 17.2 Å². The van der Waals surface area contributed by atoms with Crippen molar-refractivity contribution in [1.82, 2.24) is 4.67 Å². The molecule has 0 radical (unpaired) electrons. The molecule has 1 aromatic heterocycles. The Balaban J connectivity index is 2.82. The number of halogens is 2. The highest BCUT2D eigenvalue weighted by Crippen LogP contribution is 2.44. The van der Waals surface area contributed by atoms with Gasteiger partial charge in [0.2, 0.25) is 0 Å². The molecule has 0 amide bonds. The number of thiophene rings is 1. The van der Waals surface area contributed by atoms with Crippen LogP contribution in [0.5, 0.6) is 0 Å². The minimum atomic E-state index is -3.51. The van der Waals surface area contributed by atoms with Crippen molar-refractivity contribution in [3.8, 4) is 6.07 Å². The molecule has 8 nitrogen and oxygen atoms in total. The Bertz CT molecular complexity index is 615. The smallest absolute Gasteiger partial charge is 0.300 e. The number of alkyl halides is 2. The molecule has 1 unspecified atom stereocenters. The first-order valence-electron chi connectivity index (χ1n) is 5.93. The van der Waals surface area contributed by atoms with E-state index in [1.54, 1.807) is 6.07 Å². The molecule has 1 aromatic rings. The summed E-state index contributed by atoms with van der Waals surface area (Å²) in [6, 6.07) is 3.10. The van der Waals surface area contributed by atoms with Gasteiger partial charge in [-0.15, -0.1) is 0 Å². The van der Waals surface area contributed by atoms with Gasteiger partial charge in [0.25, 0.3) is 0 Å². The van der Waals surface area contributed by atoms with Gasteiger partial charge in [0.1, 0.15) is 11.6 Å². The summed E-state index contributed by atoms with van der Waals surface area (Å²) in [5, 5.41) is 20.5. The van der Waals surface area contributed by atoms with Gasteiger partial charge in [-0.2, -0.15) is 5.26 Å². The highest BCUT2D eigenvalue weighted by atomic mass is 79.9. The van der Waals surface area contributed by atoms with Crippen LogP contribution in [0.25, 0.3) is 0 Å². The molecule has 0 aliphatic carbocycles. The van der Waals surface area contributed by atoms with Gasteiger partial charge in [0.15, 0.2) is 0 Å². The summed E-state index contributed by atoms with van der Waals surface area (Å²) in [6.07, 6.45) is 0. The molecule has 1 atom stereocenters. The topological polar surface area (TPSA) is 122 Å². The van der Waals surface area contributed by atoms with Crippen molar-refractivity contribution in [1.29, 1.82) is 5.26 Å². The van der Waals surface area contributed by atoms with E-state index in [1.165, 1.54) is 10.7 Å². The lowest BCUT2D eigenvalue weighted by molar-refractivity contribution is -0.380. The number of nitrogens with two attached hydrogens (primary N) is 1. The Labute approximate surface area is 148 Å². The van der Waals surface area contributed by atoms with E-state index in [9.17, 15) is 14.7 Å². The second kappa shape index (κ2) is 9.08. The Morgan fingerprint density at radius 3 is 2.50 bits per heavy atom. The van der Waals surface area contributed by atoms with Gasteiger partial charge in [-0.05, 0) is 6.07 Å². The van der Waals surface area contributed by atoms with Crippen LogP contribution in [-0.2, 0) is 15.7 Å². The molecule has 12 heteroatoms. The molecule has 0 aromatic carbocycles. The average Bonchev–Trinajstić information content (AvgIpc) is 2.88. The molecule has 2 N–H and O–H groups in total. The minimum absolute atomic E-state index is 0.0433.